The fourth-order valence-electron chi connectivity index (χ4n) is 2.89. The monoisotopic (exact) mass is 376 g/mol. The van der Waals surface area contributed by atoms with E-state index in [0.717, 1.165) is 22.6 Å². The number of ether oxygens (including phenoxy) is 2. The highest BCUT2D eigenvalue weighted by molar-refractivity contribution is 5.92. The molecule has 0 spiro atoms. The summed E-state index contributed by atoms with van der Waals surface area (Å²) >= 11 is 0. The summed E-state index contributed by atoms with van der Waals surface area (Å²) in [5, 5.41) is 14.2. The molecule has 2 aromatic carbocycles. The maximum absolute atomic E-state index is 12.4. The van der Waals surface area contributed by atoms with E-state index in [2.05, 4.69) is 20.8 Å². The Morgan fingerprint density at radius 2 is 1.86 bits per heavy atom. The molecule has 2 N–H and O–H groups in total. The second-order valence-electron chi connectivity index (χ2n) is 6.45. The van der Waals surface area contributed by atoms with Gasteiger partial charge in [-0.15, -0.1) is 10.2 Å². The van der Waals surface area contributed by atoms with Crippen molar-refractivity contribution in [3.63, 3.8) is 0 Å². The van der Waals surface area contributed by atoms with Gasteiger partial charge in [-0.25, -0.2) is 0 Å². The van der Waals surface area contributed by atoms with Crippen LogP contribution in [0.4, 0.5) is 5.82 Å². The van der Waals surface area contributed by atoms with Crippen LogP contribution in [-0.4, -0.2) is 22.9 Å². The first-order valence-electron chi connectivity index (χ1n) is 9.01. The van der Waals surface area contributed by atoms with Crippen LogP contribution < -0.4 is 20.1 Å². The fourth-order valence-corrected chi connectivity index (χ4v) is 2.89. The summed E-state index contributed by atoms with van der Waals surface area (Å²) in [5.74, 6) is 1.82. The van der Waals surface area contributed by atoms with Crippen LogP contribution in [0, 0.1) is 0 Å². The zero-order valence-corrected chi connectivity index (χ0v) is 15.4. The maximum Gasteiger partial charge on any atom is 0.272 e. The number of hydrogen-bond acceptors (Lipinski definition) is 6. The topological polar surface area (TPSA) is 85.4 Å². The number of carbonyl (C=O) groups excluding carboxylic acids is 1. The van der Waals surface area contributed by atoms with Crippen LogP contribution in [0.25, 0.3) is 0 Å². The van der Waals surface area contributed by atoms with Crippen molar-refractivity contribution in [3.05, 3.63) is 77.5 Å². The Labute approximate surface area is 162 Å². The van der Waals surface area contributed by atoms with Crippen LogP contribution in [0.1, 0.15) is 34.6 Å². The lowest BCUT2D eigenvalue weighted by Crippen LogP contribution is -2.27. The molecule has 3 aromatic rings. The molecule has 1 unspecified atom stereocenters. The Bertz CT molecular complexity index is 961. The molecule has 0 saturated carbocycles. The average molecular weight is 376 g/mol. The van der Waals surface area contributed by atoms with Crippen LogP contribution in [0.3, 0.4) is 0 Å². The van der Waals surface area contributed by atoms with Gasteiger partial charge >= 0.3 is 0 Å². The Morgan fingerprint density at radius 1 is 1.04 bits per heavy atom. The molecule has 1 aliphatic heterocycles. The SMILES string of the molecule is CC(NC(=O)c1ccc(NCc2ccc3c(c2)OCO3)nn1)c1ccccc1. The number of nitrogens with zero attached hydrogens (tertiary/aromatic N) is 2. The summed E-state index contributed by atoms with van der Waals surface area (Å²) in [5.41, 5.74) is 2.34. The van der Waals surface area contributed by atoms with Crippen molar-refractivity contribution in [2.75, 3.05) is 12.1 Å². The number of benzene rings is 2. The van der Waals surface area contributed by atoms with Crippen LogP contribution in [0.2, 0.25) is 0 Å². The van der Waals surface area contributed by atoms with Gasteiger partial charge in [-0.05, 0) is 42.3 Å². The molecule has 0 fully saturated rings. The molecule has 4 rings (SSSR count). The molecular weight excluding hydrogens is 356 g/mol. The molecule has 1 aromatic heterocycles. The normalized spacial score (nSPS) is 13.0. The zero-order chi connectivity index (χ0) is 19.3. The third-order valence-electron chi connectivity index (χ3n) is 4.45. The van der Waals surface area contributed by atoms with E-state index in [0.29, 0.717) is 12.4 Å². The molecule has 142 valence electrons. The lowest BCUT2D eigenvalue weighted by Gasteiger charge is -2.13. The molecule has 7 nitrogen and oxygen atoms in total. The number of nitrogens with one attached hydrogen (secondary N) is 2. The summed E-state index contributed by atoms with van der Waals surface area (Å²) in [4.78, 5) is 12.4. The van der Waals surface area contributed by atoms with Crippen molar-refractivity contribution in [1.82, 2.24) is 15.5 Å². The highest BCUT2D eigenvalue weighted by Crippen LogP contribution is 2.32. The second kappa shape index (κ2) is 7.96. The van der Waals surface area contributed by atoms with Crippen molar-refractivity contribution in [2.45, 2.75) is 19.5 Å². The van der Waals surface area contributed by atoms with Crippen LogP contribution >= 0.6 is 0 Å². The first-order chi connectivity index (χ1) is 13.7. The zero-order valence-electron chi connectivity index (χ0n) is 15.4. The standard InChI is InChI=1S/C21H20N4O3/c1-14(16-5-3-2-4-6-16)23-21(26)17-8-10-20(25-24-17)22-12-15-7-9-18-19(11-15)28-13-27-18/h2-11,14H,12-13H2,1H3,(H,22,25)(H,23,26). The lowest BCUT2D eigenvalue weighted by molar-refractivity contribution is 0.0934. The summed E-state index contributed by atoms with van der Waals surface area (Å²) in [6.07, 6.45) is 0. The minimum Gasteiger partial charge on any atom is -0.454 e. The lowest BCUT2D eigenvalue weighted by atomic mass is 10.1. The van der Waals surface area contributed by atoms with Crippen molar-refractivity contribution in [1.29, 1.82) is 0 Å². The largest absolute Gasteiger partial charge is 0.454 e. The molecule has 7 heteroatoms. The number of anilines is 1. The van der Waals surface area contributed by atoms with E-state index in [4.69, 9.17) is 9.47 Å². The van der Waals surface area contributed by atoms with E-state index in [-0.39, 0.29) is 24.4 Å². The smallest absolute Gasteiger partial charge is 0.272 e. The first kappa shape index (κ1) is 17.8. The number of hydrogen-bond donors (Lipinski definition) is 2. The van der Waals surface area contributed by atoms with Gasteiger partial charge in [0.2, 0.25) is 6.79 Å². The molecule has 1 atom stereocenters. The molecule has 0 saturated heterocycles. The number of amides is 1. The fraction of sp³-hybridized carbons (Fsp3) is 0.190. The van der Waals surface area contributed by atoms with E-state index in [9.17, 15) is 4.79 Å². The van der Waals surface area contributed by atoms with Crippen molar-refractivity contribution >= 4 is 11.7 Å². The van der Waals surface area contributed by atoms with E-state index in [1.54, 1.807) is 12.1 Å². The molecule has 2 heterocycles. The van der Waals surface area contributed by atoms with Gasteiger partial charge in [-0.3, -0.25) is 4.79 Å². The maximum atomic E-state index is 12.4. The minimum absolute atomic E-state index is 0.112. The molecule has 1 aliphatic rings. The summed E-state index contributed by atoms with van der Waals surface area (Å²) < 4.78 is 10.7. The van der Waals surface area contributed by atoms with Gasteiger partial charge in [0.1, 0.15) is 5.82 Å². The number of carbonyl (C=O) groups is 1. The van der Waals surface area contributed by atoms with E-state index >= 15 is 0 Å². The van der Waals surface area contributed by atoms with Crippen molar-refractivity contribution in [3.8, 4) is 11.5 Å². The van der Waals surface area contributed by atoms with Gasteiger partial charge in [0.05, 0.1) is 6.04 Å². The van der Waals surface area contributed by atoms with Crippen LogP contribution in [0.15, 0.2) is 60.7 Å². The molecule has 28 heavy (non-hydrogen) atoms. The van der Waals surface area contributed by atoms with E-state index < -0.39 is 0 Å². The minimum atomic E-state index is -0.258. The van der Waals surface area contributed by atoms with Gasteiger partial charge in [-0.2, -0.15) is 0 Å². The quantitative estimate of drug-likeness (QED) is 0.687. The van der Waals surface area contributed by atoms with Crippen molar-refractivity contribution in [2.24, 2.45) is 0 Å². The van der Waals surface area contributed by atoms with E-state index in [1.165, 1.54) is 0 Å². The number of rotatable bonds is 6. The Morgan fingerprint density at radius 3 is 2.64 bits per heavy atom. The Kier molecular flexibility index (Phi) is 5.05. The van der Waals surface area contributed by atoms with Crippen molar-refractivity contribution < 1.29 is 14.3 Å². The highest BCUT2D eigenvalue weighted by Gasteiger charge is 2.14. The molecule has 0 bridgehead atoms. The molecule has 0 aliphatic carbocycles. The van der Waals surface area contributed by atoms with Gasteiger partial charge in [-0.1, -0.05) is 36.4 Å². The van der Waals surface area contributed by atoms with Gasteiger partial charge in [0, 0.05) is 6.54 Å². The summed E-state index contributed by atoms with van der Waals surface area (Å²) in [6, 6.07) is 18.8. The average Bonchev–Trinajstić information content (AvgIpc) is 3.21. The predicted molar refractivity (Wildman–Crippen MR) is 104 cm³/mol. The third-order valence-corrected chi connectivity index (χ3v) is 4.45. The predicted octanol–water partition coefficient (Wildman–Crippen LogP) is 3.31. The summed E-state index contributed by atoms with van der Waals surface area (Å²) in [6.45, 7) is 2.74. The molecule has 1 amide bonds. The highest BCUT2D eigenvalue weighted by atomic mass is 16.7. The van der Waals surface area contributed by atoms with Crippen LogP contribution in [-0.2, 0) is 6.54 Å². The third kappa shape index (κ3) is 4.03. The van der Waals surface area contributed by atoms with Gasteiger partial charge in [0.25, 0.3) is 5.91 Å². The van der Waals surface area contributed by atoms with Crippen LogP contribution in [0.5, 0.6) is 11.5 Å². The molecular formula is C21H20N4O3. The van der Waals surface area contributed by atoms with Gasteiger partial charge in [0.15, 0.2) is 17.2 Å². The Hall–Kier alpha value is -3.61. The number of aromatic nitrogens is 2. The second-order valence-corrected chi connectivity index (χ2v) is 6.45. The van der Waals surface area contributed by atoms with E-state index in [1.807, 2.05) is 55.5 Å². The van der Waals surface area contributed by atoms with Gasteiger partial charge < -0.3 is 20.1 Å². The first-order valence-corrected chi connectivity index (χ1v) is 9.01. The summed E-state index contributed by atoms with van der Waals surface area (Å²) in [7, 11) is 0. The Balaban J connectivity index is 1.34. The number of fused-ring (bicyclic) bond motifs is 1. The molecule has 0 radical (unpaired) electrons.